The highest BCUT2D eigenvalue weighted by molar-refractivity contribution is 6.28. The summed E-state index contributed by atoms with van der Waals surface area (Å²) >= 11 is 0. The average Bonchev–Trinajstić information content (AvgIpc) is 3.79. The Labute approximate surface area is 279 Å². The van der Waals surface area contributed by atoms with Crippen LogP contribution in [0.5, 0.6) is 0 Å². The summed E-state index contributed by atoms with van der Waals surface area (Å²) in [5, 5.41) is 12.5. The summed E-state index contributed by atoms with van der Waals surface area (Å²) in [4.78, 5) is 5.45. The van der Waals surface area contributed by atoms with Gasteiger partial charge in [-0.1, -0.05) is 109 Å². The minimum absolute atomic E-state index is 0.0200. The van der Waals surface area contributed by atoms with Crippen molar-refractivity contribution >= 4 is 93.5 Å². The molecule has 1 aliphatic carbocycles. The van der Waals surface area contributed by atoms with Crippen molar-refractivity contribution in [3.8, 4) is 5.69 Å². The summed E-state index contributed by atoms with van der Waals surface area (Å²) < 4.78 is 7.45. The Bertz CT molecular complexity index is 3140. The van der Waals surface area contributed by atoms with Gasteiger partial charge in [-0.2, -0.15) is 0 Å². The van der Waals surface area contributed by atoms with Crippen molar-refractivity contribution in [2.24, 2.45) is 4.99 Å². The molecule has 0 radical (unpaired) electrons. The van der Waals surface area contributed by atoms with E-state index in [1.54, 1.807) is 0 Å². The first-order valence-electron chi connectivity index (χ1n) is 16.9. The van der Waals surface area contributed by atoms with E-state index >= 15 is 0 Å². The van der Waals surface area contributed by atoms with Crippen molar-refractivity contribution in [2.75, 3.05) is 5.32 Å². The zero-order valence-corrected chi connectivity index (χ0v) is 26.3. The molecule has 228 valence electrons. The van der Waals surface area contributed by atoms with Crippen LogP contribution in [-0.4, -0.2) is 25.1 Å². The predicted molar refractivity (Wildman–Crippen MR) is 206 cm³/mol. The molecule has 1 unspecified atom stereocenters. The van der Waals surface area contributed by atoms with Crippen molar-refractivity contribution in [1.82, 2.24) is 13.4 Å². The number of anilines is 1. The number of fused-ring (bicyclic) bond motifs is 15. The average molecular weight is 626 g/mol. The largest absolute Gasteiger partial charge is 0.357 e. The smallest absolute Gasteiger partial charge is 0.139 e. The van der Waals surface area contributed by atoms with Gasteiger partial charge < -0.3 is 14.3 Å². The number of hydrogen-bond donors (Lipinski definition) is 1. The van der Waals surface area contributed by atoms with Crippen LogP contribution in [0, 0.1) is 0 Å². The van der Waals surface area contributed by atoms with Gasteiger partial charge in [0.05, 0.1) is 56.1 Å². The second-order valence-corrected chi connectivity index (χ2v) is 13.2. The van der Waals surface area contributed by atoms with Crippen LogP contribution in [0.4, 0.5) is 11.5 Å². The van der Waals surface area contributed by atoms with E-state index in [2.05, 4.69) is 170 Å². The lowest BCUT2D eigenvalue weighted by atomic mass is 10.0. The third-order valence-corrected chi connectivity index (χ3v) is 10.8. The number of allylic oxidation sites excluding steroid dienone is 2. The molecule has 12 rings (SSSR count). The van der Waals surface area contributed by atoms with Gasteiger partial charge in [-0.3, -0.25) is 4.40 Å². The first-order valence-corrected chi connectivity index (χ1v) is 16.9. The minimum Gasteiger partial charge on any atom is -0.357 e. The molecule has 5 heterocycles. The van der Waals surface area contributed by atoms with Crippen LogP contribution in [0.2, 0.25) is 0 Å². The SMILES string of the molecule is C1=CC2=Nc3c(n4c5ccccc5c5c(-n6c7ccccc7c7ccccc76)cc6c7ccccc7n(c7ccccc37)c6c54)NC2C=C1. The fourth-order valence-corrected chi connectivity index (χ4v) is 8.80. The van der Waals surface area contributed by atoms with E-state index in [4.69, 9.17) is 4.99 Å². The van der Waals surface area contributed by atoms with Gasteiger partial charge in [0.15, 0.2) is 0 Å². The second-order valence-electron chi connectivity index (χ2n) is 13.2. The molecule has 0 amide bonds. The van der Waals surface area contributed by atoms with E-state index in [0.29, 0.717) is 0 Å². The Kier molecular flexibility index (Phi) is 4.71. The molecule has 10 aromatic rings. The highest BCUT2D eigenvalue weighted by Gasteiger charge is 2.29. The van der Waals surface area contributed by atoms with Crippen LogP contribution in [-0.2, 0) is 0 Å². The number of aromatic nitrogens is 3. The summed E-state index contributed by atoms with van der Waals surface area (Å²) in [7, 11) is 0. The van der Waals surface area contributed by atoms with E-state index in [0.717, 1.165) is 33.6 Å². The first-order chi connectivity index (χ1) is 24.3. The summed E-state index contributed by atoms with van der Waals surface area (Å²) in [5.41, 5.74) is 11.4. The number of aliphatic imine (C=N–C) groups is 1. The van der Waals surface area contributed by atoms with Crippen molar-refractivity contribution in [3.05, 3.63) is 152 Å². The van der Waals surface area contributed by atoms with E-state index < -0.39 is 0 Å². The second kappa shape index (κ2) is 9.06. The van der Waals surface area contributed by atoms with Crippen molar-refractivity contribution in [3.63, 3.8) is 0 Å². The molecule has 5 heteroatoms. The van der Waals surface area contributed by atoms with Gasteiger partial charge in [0, 0.05) is 37.7 Å². The van der Waals surface area contributed by atoms with Gasteiger partial charge in [0.2, 0.25) is 0 Å². The molecule has 0 saturated carbocycles. The van der Waals surface area contributed by atoms with Gasteiger partial charge in [-0.15, -0.1) is 0 Å². The molecule has 1 aliphatic heterocycles. The molecule has 1 atom stereocenters. The summed E-state index contributed by atoms with van der Waals surface area (Å²) in [6, 6.07) is 46.5. The highest BCUT2D eigenvalue weighted by atomic mass is 15.1. The van der Waals surface area contributed by atoms with Gasteiger partial charge in [0.25, 0.3) is 0 Å². The Balaban J connectivity index is 1.44. The molecule has 5 nitrogen and oxygen atoms in total. The Morgan fingerprint density at radius 3 is 1.76 bits per heavy atom. The normalized spacial score (nSPS) is 15.7. The fourth-order valence-electron chi connectivity index (χ4n) is 8.80. The molecule has 6 aromatic carbocycles. The standard InChI is InChI=1S/C44H27N5/c1-8-20-34-26(13-1)27-14-2-9-21-35(27)47(34)39-25-31-28-15-3-10-22-36(28)48-38-24-12-5-17-30(38)41-44(46-33-19-7-6-18-32(33)45-41)49-37-23-11-4-16-29(37)40(39)43(49)42(31)48/h1-25,33,46H. The monoisotopic (exact) mass is 625 g/mol. The Hall–Kier alpha value is -6.59. The van der Waals surface area contributed by atoms with Crippen LogP contribution in [0.15, 0.2) is 157 Å². The van der Waals surface area contributed by atoms with Gasteiger partial charge in [-0.05, 0) is 42.5 Å². The number of nitrogens with zero attached hydrogens (tertiary/aromatic N) is 4. The van der Waals surface area contributed by atoms with Crippen LogP contribution in [0.1, 0.15) is 0 Å². The molecular formula is C44H27N5. The summed E-state index contributed by atoms with van der Waals surface area (Å²) in [6.45, 7) is 0. The van der Waals surface area contributed by atoms with Crippen LogP contribution >= 0.6 is 0 Å². The topological polar surface area (TPSA) is 38.1 Å². The number of hydrogen-bond acceptors (Lipinski definition) is 2. The lowest BCUT2D eigenvalue weighted by Crippen LogP contribution is -2.30. The third-order valence-electron chi connectivity index (χ3n) is 10.8. The molecule has 0 saturated heterocycles. The molecule has 1 N–H and O–H groups in total. The molecule has 0 spiro atoms. The lowest BCUT2D eigenvalue weighted by Gasteiger charge is -2.26. The summed E-state index contributed by atoms with van der Waals surface area (Å²) in [6.07, 6.45) is 8.53. The number of rotatable bonds is 1. The van der Waals surface area contributed by atoms with Crippen LogP contribution < -0.4 is 5.32 Å². The van der Waals surface area contributed by atoms with Gasteiger partial charge in [-0.25, -0.2) is 4.99 Å². The molecule has 49 heavy (non-hydrogen) atoms. The Morgan fingerprint density at radius 1 is 0.510 bits per heavy atom. The van der Waals surface area contributed by atoms with Crippen molar-refractivity contribution in [2.45, 2.75) is 6.04 Å². The molecule has 0 fully saturated rings. The predicted octanol–water partition coefficient (Wildman–Crippen LogP) is 10.9. The molecular weight excluding hydrogens is 599 g/mol. The number of para-hydroxylation sites is 5. The van der Waals surface area contributed by atoms with E-state index in [9.17, 15) is 0 Å². The summed E-state index contributed by atoms with van der Waals surface area (Å²) in [5.74, 6) is 1.00. The zero-order chi connectivity index (χ0) is 31.8. The first kappa shape index (κ1) is 25.5. The lowest BCUT2D eigenvalue weighted by molar-refractivity contribution is 1.08. The van der Waals surface area contributed by atoms with Gasteiger partial charge >= 0.3 is 0 Å². The maximum Gasteiger partial charge on any atom is 0.139 e. The molecule has 0 bridgehead atoms. The van der Waals surface area contributed by atoms with Crippen molar-refractivity contribution in [1.29, 1.82) is 0 Å². The zero-order valence-electron chi connectivity index (χ0n) is 26.3. The third kappa shape index (κ3) is 3.13. The quantitative estimate of drug-likeness (QED) is 0.194. The number of nitrogens with one attached hydrogen (secondary N) is 1. The highest BCUT2D eigenvalue weighted by Crippen LogP contribution is 2.48. The Morgan fingerprint density at radius 2 is 1.06 bits per heavy atom. The molecule has 2 aliphatic rings. The van der Waals surface area contributed by atoms with Gasteiger partial charge in [0.1, 0.15) is 11.5 Å². The van der Waals surface area contributed by atoms with Crippen molar-refractivity contribution < 1.29 is 0 Å². The van der Waals surface area contributed by atoms with Crippen LogP contribution in [0.25, 0.3) is 82.0 Å². The van der Waals surface area contributed by atoms with Crippen LogP contribution in [0.3, 0.4) is 0 Å². The fraction of sp³-hybridized carbons (Fsp3) is 0.0227. The van der Waals surface area contributed by atoms with E-state index in [1.165, 1.54) is 65.6 Å². The van der Waals surface area contributed by atoms with E-state index in [-0.39, 0.29) is 6.04 Å². The molecule has 4 aromatic heterocycles. The minimum atomic E-state index is -0.0200. The number of benzene rings is 6. The maximum atomic E-state index is 5.45. The maximum absolute atomic E-state index is 5.45. The van der Waals surface area contributed by atoms with E-state index in [1.807, 2.05) is 0 Å².